The number of Topliss-reactive ketones (excluding diaryl/α,β-unsaturated/α-hetero) is 1. The second kappa shape index (κ2) is 10.8. The Labute approximate surface area is 154 Å². The van der Waals surface area contributed by atoms with Gasteiger partial charge in [-0.05, 0) is 51.4 Å². The number of rotatable bonds is 13. The molecule has 0 aliphatic heterocycles. The molecule has 6 heteroatoms. The topological polar surface area (TPSA) is 120 Å². The van der Waals surface area contributed by atoms with Crippen LogP contribution in [0, 0.1) is 5.92 Å². The van der Waals surface area contributed by atoms with Crippen molar-refractivity contribution in [3.05, 3.63) is 0 Å². The van der Waals surface area contributed by atoms with Gasteiger partial charge in [-0.2, -0.15) is 0 Å². The lowest BCUT2D eigenvalue weighted by atomic mass is 9.80. The van der Waals surface area contributed by atoms with Crippen LogP contribution in [0.25, 0.3) is 0 Å². The van der Waals surface area contributed by atoms with Crippen molar-refractivity contribution < 1.29 is 4.79 Å². The van der Waals surface area contributed by atoms with Gasteiger partial charge < -0.3 is 22.5 Å². The molecule has 7 N–H and O–H groups in total. The molecule has 0 heterocycles. The highest BCUT2D eigenvalue weighted by molar-refractivity contribution is 5.92. The van der Waals surface area contributed by atoms with Gasteiger partial charge in [0, 0.05) is 12.1 Å². The lowest BCUT2D eigenvalue weighted by Gasteiger charge is -2.38. The van der Waals surface area contributed by atoms with Gasteiger partial charge in [-0.1, -0.05) is 34.6 Å². The summed E-state index contributed by atoms with van der Waals surface area (Å²) < 4.78 is 0. The Morgan fingerprint density at radius 1 is 1.08 bits per heavy atom. The Kier molecular flexibility index (Phi) is 10.3. The van der Waals surface area contributed by atoms with Crippen LogP contribution in [0.15, 0.2) is 4.99 Å². The quantitative estimate of drug-likeness (QED) is 0.298. The van der Waals surface area contributed by atoms with E-state index >= 15 is 0 Å². The third kappa shape index (κ3) is 7.74. The van der Waals surface area contributed by atoms with Crippen molar-refractivity contribution in [2.45, 2.75) is 97.2 Å². The maximum atomic E-state index is 13.2. The van der Waals surface area contributed by atoms with Crippen molar-refractivity contribution in [3.8, 4) is 0 Å². The van der Waals surface area contributed by atoms with Gasteiger partial charge in [-0.3, -0.25) is 9.79 Å². The molecule has 2 unspecified atom stereocenters. The second-order valence-electron chi connectivity index (χ2n) is 7.63. The number of carbonyl (C=O) groups is 1. The largest absolute Gasteiger partial charge is 0.370 e. The molecule has 148 valence electrons. The number of nitrogens with one attached hydrogen (secondary N) is 1. The Bertz CT molecular complexity index is 424. The summed E-state index contributed by atoms with van der Waals surface area (Å²) in [6.07, 6.45) is 4.81. The van der Waals surface area contributed by atoms with Crippen molar-refractivity contribution in [3.63, 3.8) is 0 Å². The standard InChI is InChI=1S/C19H41N5O/c1-7-18(6,8-2)24-15(16(25)19(22,9-3)10-4)13-14(5)11-12-23-17(20)21/h14-15,24H,7-13,22H2,1-6H3,(H4,20,21,23). The summed E-state index contributed by atoms with van der Waals surface area (Å²) in [5, 5.41) is 3.62. The fraction of sp³-hybridized carbons (Fsp3) is 0.895. The molecule has 0 saturated carbocycles. The van der Waals surface area contributed by atoms with Gasteiger partial charge in [0.2, 0.25) is 0 Å². The molecule has 0 spiro atoms. The Morgan fingerprint density at radius 3 is 2.00 bits per heavy atom. The summed E-state index contributed by atoms with van der Waals surface area (Å²) in [7, 11) is 0. The molecule has 0 aromatic carbocycles. The van der Waals surface area contributed by atoms with Gasteiger partial charge >= 0.3 is 0 Å². The molecular weight excluding hydrogens is 314 g/mol. The Balaban J connectivity index is 5.26. The van der Waals surface area contributed by atoms with Gasteiger partial charge in [0.25, 0.3) is 0 Å². The van der Waals surface area contributed by atoms with E-state index in [1.54, 1.807) is 0 Å². The van der Waals surface area contributed by atoms with Gasteiger partial charge in [0.05, 0.1) is 11.6 Å². The van der Waals surface area contributed by atoms with Crippen LogP contribution in [0.1, 0.15) is 80.1 Å². The van der Waals surface area contributed by atoms with Gasteiger partial charge in [0.15, 0.2) is 11.7 Å². The highest BCUT2D eigenvalue weighted by atomic mass is 16.1. The first kappa shape index (κ1) is 23.9. The summed E-state index contributed by atoms with van der Waals surface area (Å²) in [6.45, 7) is 13.2. The SMILES string of the molecule is CCC(C)(CC)NC(CC(C)CCN=C(N)N)C(=O)C(N)(CC)CC. The van der Waals surface area contributed by atoms with E-state index in [-0.39, 0.29) is 23.3 Å². The molecule has 0 aromatic heterocycles. The molecule has 25 heavy (non-hydrogen) atoms. The summed E-state index contributed by atoms with van der Waals surface area (Å²) >= 11 is 0. The first-order valence-electron chi connectivity index (χ1n) is 9.73. The molecule has 0 amide bonds. The van der Waals surface area contributed by atoms with E-state index in [0.29, 0.717) is 25.3 Å². The number of hydrogen-bond donors (Lipinski definition) is 4. The molecule has 0 radical (unpaired) electrons. The average Bonchev–Trinajstić information content (AvgIpc) is 2.59. The molecule has 2 atom stereocenters. The first-order valence-corrected chi connectivity index (χ1v) is 9.73. The van der Waals surface area contributed by atoms with Crippen LogP contribution in [0.4, 0.5) is 0 Å². The third-order valence-corrected chi connectivity index (χ3v) is 5.71. The van der Waals surface area contributed by atoms with Crippen molar-refractivity contribution in [2.75, 3.05) is 6.54 Å². The summed E-state index contributed by atoms with van der Waals surface area (Å²) in [4.78, 5) is 17.2. The number of hydrogen-bond acceptors (Lipinski definition) is 4. The number of nitrogens with two attached hydrogens (primary N) is 3. The van der Waals surface area contributed by atoms with E-state index in [9.17, 15) is 4.79 Å². The van der Waals surface area contributed by atoms with Crippen LogP contribution in [0.2, 0.25) is 0 Å². The smallest absolute Gasteiger partial charge is 0.185 e. The van der Waals surface area contributed by atoms with Crippen molar-refractivity contribution >= 4 is 11.7 Å². The number of carbonyl (C=O) groups excluding carboxylic acids is 1. The minimum absolute atomic E-state index is 0.0672. The first-order chi connectivity index (χ1) is 11.6. The molecular formula is C19H41N5O. The number of ketones is 1. The minimum Gasteiger partial charge on any atom is -0.370 e. The van der Waals surface area contributed by atoms with Crippen molar-refractivity contribution in [1.82, 2.24) is 5.32 Å². The maximum absolute atomic E-state index is 13.2. The number of nitrogens with zero attached hydrogens (tertiary/aromatic N) is 1. The maximum Gasteiger partial charge on any atom is 0.185 e. The zero-order chi connectivity index (χ0) is 19.7. The lowest BCUT2D eigenvalue weighted by molar-refractivity contribution is -0.127. The molecule has 6 nitrogen and oxygen atoms in total. The predicted octanol–water partition coefficient (Wildman–Crippen LogP) is 2.30. The molecule has 0 bridgehead atoms. The summed E-state index contributed by atoms with van der Waals surface area (Å²) in [6, 6.07) is -0.246. The van der Waals surface area contributed by atoms with E-state index in [2.05, 4.69) is 38.0 Å². The second-order valence-corrected chi connectivity index (χ2v) is 7.63. The Hall–Kier alpha value is -1.14. The highest BCUT2D eigenvalue weighted by Crippen LogP contribution is 2.24. The zero-order valence-electron chi connectivity index (χ0n) is 17.2. The summed E-state index contributed by atoms with van der Waals surface area (Å²) in [5.41, 5.74) is 16.4. The fourth-order valence-corrected chi connectivity index (χ4v) is 2.99. The molecule has 0 aliphatic rings. The van der Waals surface area contributed by atoms with E-state index in [0.717, 1.165) is 25.7 Å². The average molecular weight is 356 g/mol. The van der Waals surface area contributed by atoms with Crippen LogP contribution in [-0.4, -0.2) is 35.4 Å². The van der Waals surface area contributed by atoms with Gasteiger partial charge in [0.1, 0.15) is 0 Å². The summed E-state index contributed by atoms with van der Waals surface area (Å²) in [5.74, 6) is 0.556. The van der Waals surface area contributed by atoms with Crippen LogP contribution in [0.5, 0.6) is 0 Å². The van der Waals surface area contributed by atoms with Crippen LogP contribution in [0.3, 0.4) is 0 Å². The van der Waals surface area contributed by atoms with E-state index < -0.39 is 5.54 Å². The van der Waals surface area contributed by atoms with Gasteiger partial charge in [-0.25, -0.2) is 0 Å². The van der Waals surface area contributed by atoms with Gasteiger partial charge in [-0.15, -0.1) is 0 Å². The predicted molar refractivity (Wildman–Crippen MR) is 107 cm³/mol. The molecule has 0 fully saturated rings. The monoisotopic (exact) mass is 355 g/mol. The minimum atomic E-state index is -0.764. The van der Waals surface area contributed by atoms with E-state index in [1.165, 1.54) is 0 Å². The lowest BCUT2D eigenvalue weighted by Crippen LogP contribution is -2.60. The van der Waals surface area contributed by atoms with E-state index in [4.69, 9.17) is 17.2 Å². The molecule has 0 aromatic rings. The van der Waals surface area contributed by atoms with Crippen LogP contribution < -0.4 is 22.5 Å². The highest BCUT2D eigenvalue weighted by Gasteiger charge is 2.38. The van der Waals surface area contributed by atoms with Crippen LogP contribution in [-0.2, 0) is 4.79 Å². The molecule has 0 saturated heterocycles. The van der Waals surface area contributed by atoms with Crippen molar-refractivity contribution in [1.29, 1.82) is 0 Å². The molecule has 0 rings (SSSR count). The molecule has 0 aliphatic carbocycles. The third-order valence-electron chi connectivity index (χ3n) is 5.71. The Morgan fingerprint density at radius 2 is 1.60 bits per heavy atom. The van der Waals surface area contributed by atoms with E-state index in [1.807, 2.05) is 13.8 Å². The fourth-order valence-electron chi connectivity index (χ4n) is 2.99. The van der Waals surface area contributed by atoms with Crippen LogP contribution >= 0.6 is 0 Å². The zero-order valence-corrected chi connectivity index (χ0v) is 17.2. The number of guanidine groups is 1. The normalized spacial score (nSPS) is 14.8. The van der Waals surface area contributed by atoms with Crippen molar-refractivity contribution in [2.24, 2.45) is 28.1 Å². The number of aliphatic imine (C=N–C) groups is 1.